The van der Waals surface area contributed by atoms with Crippen molar-refractivity contribution in [2.45, 2.75) is 78.8 Å². The van der Waals surface area contributed by atoms with Crippen molar-refractivity contribution in [2.75, 3.05) is 0 Å². The van der Waals surface area contributed by atoms with E-state index in [2.05, 4.69) is 0 Å². The molecular formula is C14H28N2O4. The third kappa shape index (κ3) is 6.30. The lowest BCUT2D eigenvalue weighted by Crippen LogP contribution is -2.41. The second kappa shape index (κ2) is 8.17. The number of unbranched alkanes of at least 4 members (excludes halogenated alkanes) is 1. The van der Waals surface area contributed by atoms with Crippen molar-refractivity contribution in [3.8, 4) is 0 Å². The highest BCUT2D eigenvalue weighted by Gasteiger charge is 2.43. The molecule has 0 aromatic rings. The summed E-state index contributed by atoms with van der Waals surface area (Å²) in [5.41, 5.74) is -0.530. The van der Waals surface area contributed by atoms with Crippen molar-refractivity contribution in [2.24, 2.45) is 11.3 Å². The zero-order valence-electron chi connectivity index (χ0n) is 13.3. The molecule has 118 valence electrons. The van der Waals surface area contributed by atoms with Crippen LogP contribution in [0.1, 0.15) is 66.7 Å². The van der Waals surface area contributed by atoms with E-state index in [-0.39, 0.29) is 16.3 Å². The van der Waals surface area contributed by atoms with Gasteiger partial charge in [0, 0.05) is 21.7 Å². The molecule has 0 aromatic carbocycles. The van der Waals surface area contributed by atoms with Crippen LogP contribution in [0.25, 0.3) is 0 Å². The maximum Gasteiger partial charge on any atom is 0.224 e. The smallest absolute Gasteiger partial charge is 0.224 e. The first-order chi connectivity index (χ1) is 9.11. The van der Waals surface area contributed by atoms with Gasteiger partial charge in [-0.25, -0.2) is 0 Å². The zero-order chi connectivity index (χ0) is 15.9. The largest absolute Gasteiger partial charge is 0.264 e. The summed E-state index contributed by atoms with van der Waals surface area (Å²) < 4.78 is 0. The first-order valence-electron chi connectivity index (χ1n) is 7.38. The van der Waals surface area contributed by atoms with Gasteiger partial charge in [0.2, 0.25) is 12.1 Å². The van der Waals surface area contributed by atoms with E-state index in [4.69, 9.17) is 0 Å². The van der Waals surface area contributed by atoms with Gasteiger partial charge in [-0.2, -0.15) is 0 Å². The van der Waals surface area contributed by atoms with Crippen molar-refractivity contribution >= 4 is 0 Å². The first-order valence-corrected chi connectivity index (χ1v) is 7.38. The van der Waals surface area contributed by atoms with Gasteiger partial charge in [-0.05, 0) is 18.8 Å². The summed E-state index contributed by atoms with van der Waals surface area (Å²) in [6.45, 7) is 9.68. The summed E-state index contributed by atoms with van der Waals surface area (Å²) in [5.74, 6) is 0.331. The molecule has 0 bridgehead atoms. The van der Waals surface area contributed by atoms with Crippen LogP contribution in [-0.2, 0) is 0 Å². The van der Waals surface area contributed by atoms with Gasteiger partial charge in [0.25, 0.3) is 0 Å². The van der Waals surface area contributed by atoms with Gasteiger partial charge in [0.05, 0.1) is 6.42 Å². The molecule has 0 radical (unpaired) electrons. The van der Waals surface area contributed by atoms with Crippen LogP contribution in [0.4, 0.5) is 0 Å². The Morgan fingerprint density at radius 1 is 1.10 bits per heavy atom. The molecule has 20 heavy (non-hydrogen) atoms. The molecule has 0 N–H and O–H groups in total. The highest BCUT2D eigenvalue weighted by molar-refractivity contribution is 4.82. The maximum atomic E-state index is 11.3. The SMILES string of the molecule is CCCCC(CC([N+](=O)[O-])C(C)(C)CC(C)C)[N+](=O)[O-]. The molecule has 0 rings (SSSR count). The molecule has 0 heterocycles. The fourth-order valence-corrected chi connectivity index (χ4v) is 2.89. The Kier molecular flexibility index (Phi) is 7.68. The van der Waals surface area contributed by atoms with Gasteiger partial charge in [0.1, 0.15) is 0 Å². The van der Waals surface area contributed by atoms with Crippen LogP contribution in [-0.4, -0.2) is 21.9 Å². The number of nitro groups is 2. The molecular weight excluding hydrogens is 260 g/mol. The second-order valence-electron chi connectivity index (χ2n) is 6.70. The van der Waals surface area contributed by atoms with Gasteiger partial charge in [0.15, 0.2) is 0 Å². The zero-order valence-corrected chi connectivity index (χ0v) is 13.3. The lowest BCUT2D eigenvalue weighted by molar-refractivity contribution is -0.572. The summed E-state index contributed by atoms with van der Waals surface area (Å²) in [6, 6.07) is -1.67. The minimum absolute atomic E-state index is 0.0275. The molecule has 6 heteroatoms. The number of rotatable bonds is 10. The average Bonchev–Trinajstić information content (AvgIpc) is 2.25. The summed E-state index contributed by atoms with van der Waals surface area (Å²) in [7, 11) is 0. The van der Waals surface area contributed by atoms with E-state index in [0.717, 1.165) is 12.8 Å². The topological polar surface area (TPSA) is 86.3 Å². The molecule has 0 spiro atoms. The monoisotopic (exact) mass is 288 g/mol. The van der Waals surface area contributed by atoms with E-state index < -0.39 is 17.5 Å². The quantitative estimate of drug-likeness (QED) is 0.450. The molecule has 2 atom stereocenters. The van der Waals surface area contributed by atoms with Crippen LogP contribution in [0.3, 0.4) is 0 Å². The predicted octanol–water partition coefficient (Wildman–Crippen LogP) is 3.93. The molecule has 0 aliphatic heterocycles. The molecule has 0 aromatic heterocycles. The van der Waals surface area contributed by atoms with Gasteiger partial charge in [-0.3, -0.25) is 20.2 Å². The van der Waals surface area contributed by atoms with Crippen molar-refractivity contribution in [3.05, 3.63) is 20.2 Å². The third-order valence-corrected chi connectivity index (χ3v) is 3.78. The Hall–Kier alpha value is -1.20. The molecule has 0 saturated carbocycles. The Morgan fingerprint density at radius 3 is 2.00 bits per heavy atom. The van der Waals surface area contributed by atoms with Gasteiger partial charge in [-0.15, -0.1) is 0 Å². The number of hydrogen-bond donors (Lipinski definition) is 0. The molecule has 0 amide bonds. The van der Waals surface area contributed by atoms with Crippen molar-refractivity contribution in [3.63, 3.8) is 0 Å². The van der Waals surface area contributed by atoms with Crippen LogP contribution in [0.15, 0.2) is 0 Å². The van der Waals surface area contributed by atoms with E-state index in [1.807, 2.05) is 34.6 Å². The summed E-state index contributed by atoms with van der Waals surface area (Å²) in [4.78, 5) is 21.8. The lowest BCUT2D eigenvalue weighted by atomic mass is 9.75. The molecule has 0 aliphatic carbocycles. The van der Waals surface area contributed by atoms with Gasteiger partial charge < -0.3 is 0 Å². The Morgan fingerprint density at radius 2 is 1.65 bits per heavy atom. The summed E-state index contributed by atoms with van der Waals surface area (Å²) >= 11 is 0. The predicted molar refractivity (Wildman–Crippen MR) is 78.9 cm³/mol. The van der Waals surface area contributed by atoms with E-state index >= 15 is 0 Å². The molecule has 0 aliphatic rings. The minimum atomic E-state index is -0.864. The van der Waals surface area contributed by atoms with E-state index in [0.29, 0.717) is 18.8 Å². The average molecular weight is 288 g/mol. The fraction of sp³-hybridized carbons (Fsp3) is 1.00. The maximum absolute atomic E-state index is 11.3. The van der Waals surface area contributed by atoms with Crippen LogP contribution in [0, 0.1) is 31.6 Å². The standard InChI is InChI=1S/C14H28N2O4/c1-6-7-8-12(15(17)18)9-13(16(19)20)14(4,5)10-11(2)3/h11-13H,6-10H2,1-5H3. The van der Waals surface area contributed by atoms with Crippen molar-refractivity contribution in [1.82, 2.24) is 0 Å². The first kappa shape index (κ1) is 18.8. The fourth-order valence-electron chi connectivity index (χ4n) is 2.89. The van der Waals surface area contributed by atoms with Crippen molar-refractivity contribution < 1.29 is 9.85 Å². The Balaban J connectivity index is 4.98. The lowest BCUT2D eigenvalue weighted by Gasteiger charge is -2.30. The highest BCUT2D eigenvalue weighted by atomic mass is 16.6. The normalized spacial score (nSPS) is 15.1. The third-order valence-electron chi connectivity index (χ3n) is 3.78. The van der Waals surface area contributed by atoms with E-state index in [1.165, 1.54) is 0 Å². The van der Waals surface area contributed by atoms with Crippen LogP contribution in [0.5, 0.6) is 0 Å². The number of nitrogens with zero attached hydrogens (tertiary/aromatic N) is 2. The summed E-state index contributed by atoms with van der Waals surface area (Å²) in [5, 5.41) is 22.4. The molecule has 0 fully saturated rings. The molecule has 6 nitrogen and oxygen atoms in total. The second-order valence-corrected chi connectivity index (χ2v) is 6.70. The Bertz CT molecular complexity index is 329. The molecule has 0 saturated heterocycles. The van der Waals surface area contributed by atoms with Crippen molar-refractivity contribution in [1.29, 1.82) is 0 Å². The van der Waals surface area contributed by atoms with E-state index in [1.54, 1.807) is 0 Å². The van der Waals surface area contributed by atoms with E-state index in [9.17, 15) is 20.2 Å². The Labute approximate surface area is 121 Å². The minimum Gasteiger partial charge on any atom is -0.264 e. The highest BCUT2D eigenvalue weighted by Crippen LogP contribution is 2.34. The van der Waals surface area contributed by atoms with Crippen LogP contribution < -0.4 is 0 Å². The number of hydrogen-bond acceptors (Lipinski definition) is 4. The van der Waals surface area contributed by atoms with Gasteiger partial charge >= 0.3 is 0 Å². The van der Waals surface area contributed by atoms with Gasteiger partial charge in [-0.1, -0.05) is 41.0 Å². The van der Waals surface area contributed by atoms with Crippen LogP contribution in [0.2, 0.25) is 0 Å². The van der Waals surface area contributed by atoms with Crippen LogP contribution >= 0.6 is 0 Å². The molecule has 2 unspecified atom stereocenters. The summed E-state index contributed by atoms with van der Waals surface area (Å²) in [6.07, 6.45) is 2.74.